The molecule has 9 nitrogen and oxygen atoms in total. The number of benzene rings is 1. The first kappa shape index (κ1) is 23.3. The van der Waals surface area contributed by atoms with Crippen molar-refractivity contribution in [1.82, 2.24) is 15.8 Å². The normalized spacial score (nSPS) is 16.4. The molecule has 9 heteroatoms. The third-order valence-corrected chi connectivity index (χ3v) is 4.47. The molecule has 1 atom stereocenters. The highest BCUT2D eigenvalue weighted by Crippen LogP contribution is 2.28. The van der Waals surface area contributed by atoms with Crippen molar-refractivity contribution in [1.29, 1.82) is 0 Å². The Hall–Kier alpha value is -2.97. The third kappa shape index (κ3) is 6.53. The Labute approximate surface area is 177 Å². The lowest BCUT2D eigenvalue weighted by molar-refractivity contribution is -0.127. The molecule has 0 unspecified atom stereocenters. The largest absolute Gasteiger partial charge is 0.493 e. The van der Waals surface area contributed by atoms with Crippen LogP contribution in [-0.2, 0) is 9.53 Å². The van der Waals surface area contributed by atoms with E-state index in [2.05, 4.69) is 10.9 Å². The molecule has 0 spiro atoms. The number of ether oxygens (including phenoxy) is 3. The van der Waals surface area contributed by atoms with Crippen LogP contribution in [0.5, 0.6) is 11.5 Å². The second-order valence-electron chi connectivity index (χ2n) is 8.01. The molecule has 0 bridgehead atoms. The van der Waals surface area contributed by atoms with Crippen LogP contribution in [0.4, 0.5) is 4.79 Å². The fourth-order valence-corrected chi connectivity index (χ4v) is 3.06. The fourth-order valence-electron chi connectivity index (χ4n) is 3.06. The van der Waals surface area contributed by atoms with Crippen molar-refractivity contribution in [2.24, 2.45) is 5.92 Å². The minimum atomic E-state index is -0.598. The lowest BCUT2D eigenvalue weighted by Gasteiger charge is -2.33. The highest BCUT2D eigenvalue weighted by molar-refractivity contribution is 5.96. The molecule has 0 aromatic heterocycles. The summed E-state index contributed by atoms with van der Waals surface area (Å²) >= 11 is 0. The van der Waals surface area contributed by atoms with Crippen LogP contribution in [0.1, 0.15) is 50.9 Å². The van der Waals surface area contributed by atoms with Gasteiger partial charge in [-0.25, -0.2) is 4.79 Å². The van der Waals surface area contributed by atoms with Crippen molar-refractivity contribution in [3.8, 4) is 11.5 Å². The van der Waals surface area contributed by atoms with Gasteiger partial charge in [0.25, 0.3) is 5.91 Å². The number of hydrogen-bond donors (Lipinski definition) is 2. The summed E-state index contributed by atoms with van der Waals surface area (Å²) in [5, 5.41) is 0. The average molecular weight is 421 g/mol. The van der Waals surface area contributed by atoms with Gasteiger partial charge in [-0.1, -0.05) is 0 Å². The molecular weight excluding hydrogens is 390 g/mol. The minimum absolute atomic E-state index is 0.244. The van der Waals surface area contributed by atoms with Crippen LogP contribution in [0, 0.1) is 5.92 Å². The number of likely N-dealkylation sites (tertiary alicyclic amines) is 1. The summed E-state index contributed by atoms with van der Waals surface area (Å²) in [7, 11) is 1.49. The average Bonchev–Trinajstić information content (AvgIpc) is 2.71. The van der Waals surface area contributed by atoms with Crippen LogP contribution in [-0.4, -0.2) is 55.2 Å². The molecule has 0 saturated carbocycles. The van der Waals surface area contributed by atoms with E-state index in [1.54, 1.807) is 32.9 Å². The first-order valence-corrected chi connectivity index (χ1v) is 10.0. The van der Waals surface area contributed by atoms with E-state index in [0.29, 0.717) is 43.1 Å². The molecule has 0 aliphatic carbocycles. The van der Waals surface area contributed by atoms with E-state index >= 15 is 0 Å². The summed E-state index contributed by atoms with van der Waals surface area (Å²) in [6.45, 7) is 8.49. The predicted octanol–water partition coefficient (Wildman–Crippen LogP) is 2.50. The van der Waals surface area contributed by atoms with Gasteiger partial charge < -0.3 is 19.1 Å². The number of hydrogen-bond acceptors (Lipinski definition) is 6. The number of rotatable bonds is 5. The molecule has 1 aliphatic heterocycles. The smallest absolute Gasteiger partial charge is 0.410 e. The summed E-state index contributed by atoms with van der Waals surface area (Å²) in [6.07, 6.45) is 0.865. The van der Waals surface area contributed by atoms with Gasteiger partial charge in [-0.3, -0.25) is 20.4 Å². The predicted molar refractivity (Wildman–Crippen MR) is 110 cm³/mol. The molecule has 0 radical (unpaired) electrons. The number of nitrogens with one attached hydrogen (secondary N) is 2. The Morgan fingerprint density at radius 2 is 1.90 bits per heavy atom. The molecule has 2 rings (SSSR count). The molecule has 1 aromatic carbocycles. The molecule has 1 heterocycles. The van der Waals surface area contributed by atoms with Crippen LogP contribution in [0.15, 0.2) is 18.2 Å². The van der Waals surface area contributed by atoms with E-state index in [9.17, 15) is 14.4 Å². The summed E-state index contributed by atoms with van der Waals surface area (Å²) in [5.74, 6) is -0.304. The molecule has 1 aromatic rings. The number of carbonyl (C=O) groups excluding carboxylic acids is 3. The lowest BCUT2D eigenvalue weighted by atomic mass is 9.98. The number of nitrogens with zero attached hydrogens (tertiary/aromatic N) is 1. The van der Waals surface area contributed by atoms with Gasteiger partial charge in [0.2, 0.25) is 5.91 Å². The van der Waals surface area contributed by atoms with Crippen molar-refractivity contribution >= 4 is 17.9 Å². The number of methoxy groups -OCH3 is 1. The SMILES string of the molecule is CCOc1ccc(C(=O)NNC(=O)[C@H]2CCCN(C(=O)OC(C)(C)C)C2)cc1OC. The molecule has 30 heavy (non-hydrogen) atoms. The second-order valence-corrected chi connectivity index (χ2v) is 8.01. The number of amides is 3. The van der Waals surface area contributed by atoms with Gasteiger partial charge in [-0.05, 0) is 58.7 Å². The summed E-state index contributed by atoms with van der Waals surface area (Å²) in [4.78, 5) is 38.7. The third-order valence-electron chi connectivity index (χ3n) is 4.47. The van der Waals surface area contributed by atoms with Gasteiger partial charge in [-0.2, -0.15) is 0 Å². The molecule has 1 saturated heterocycles. The summed E-state index contributed by atoms with van der Waals surface area (Å²) in [5.41, 5.74) is 4.57. The van der Waals surface area contributed by atoms with E-state index in [-0.39, 0.29) is 12.5 Å². The second kappa shape index (κ2) is 10.2. The Balaban J connectivity index is 1.91. The van der Waals surface area contributed by atoms with Crippen molar-refractivity contribution in [3.05, 3.63) is 23.8 Å². The van der Waals surface area contributed by atoms with Crippen molar-refractivity contribution < 1.29 is 28.6 Å². The summed E-state index contributed by atoms with van der Waals surface area (Å²) in [6, 6.07) is 4.76. The van der Waals surface area contributed by atoms with Gasteiger partial charge in [0, 0.05) is 18.7 Å². The topological polar surface area (TPSA) is 106 Å². The maximum Gasteiger partial charge on any atom is 0.410 e. The molecular formula is C21H31N3O6. The molecule has 3 amide bonds. The van der Waals surface area contributed by atoms with E-state index in [0.717, 1.165) is 0 Å². The first-order valence-electron chi connectivity index (χ1n) is 10.0. The molecule has 166 valence electrons. The van der Waals surface area contributed by atoms with Crippen molar-refractivity contribution in [2.45, 2.75) is 46.1 Å². The van der Waals surface area contributed by atoms with Crippen molar-refractivity contribution in [2.75, 3.05) is 26.8 Å². The highest BCUT2D eigenvalue weighted by Gasteiger charge is 2.31. The maximum atomic E-state index is 12.5. The van der Waals surface area contributed by atoms with Gasteiger partial charge in [0.05, 0.1) is 19.6 Å². The quantitative estimate of drug-likeness (QED) is 0.708. The van der Waals surface area contributed by atoms with Gasteiger partial charge in [0.15, 0.2) is 11.5 Å². The number of piperidine rings is 1. The highest BCUT2D eigenvalue weighted by atomic mass is 16.6. The van der Waals surface area contributed by atoms with Gasteiger partial charge in [-0.15, -0.1) is 0 Å². The van der Waals surface area contributed by atoms with Crippen LogP contribution in [0.25, 0.3) is 0 Å². The van der Waals surface area contributed by atoms with Crippen LogP contribution in [0.2, 0.25) is 0 Å². The van der Waals surface area contributed by atoms with E-state index in [1.807, 2.05) is 6.92 Å². The fraction of sp³-hybridized carbons (Fsp3) is 0.571. The Bertz CT molecular complexity index is 774. The van der Waals surface area contributed by atoms with Crippen LogP contribution >= 0.6 is 0 Å². The zero-order valence-corrected chi connectivity index (χ0v) is 18.2. The van der Waals surface area contributed by atoms with E-state index in [4.69, 9.17) is 14.2 Å². The minimum Gasteiger partial charge on any atom is -0.493 e. The number of hydrazine groups is 1. The zero-order chi connectivity index (χ0) is 22.3. The Kier molecular flexibility index (Phi) is 7.91. The zero-order valence-electron chi connectivity index (χ0n) is 18.2. The first-order chi connectivity index (χ1) is 14.1. The maximum absolute atomic E-state index is 12.5. The molecule has 1 fully saturated rings. The van der Waals surface area contributed by atoms with E-state index < -0.39 is 23.5 Å². The van der Waals surface area contributed by atoms with Crippen LogP contribution < -0.4 is 20.3 Å². The van der Waals surface area contributed by atoms with Gasteiger partial charge in [0.1, 0.15) is 5.60 Å². The lowest BCUT2D eigenvalue weighted by Crippen LogP contribution is -2.50. The Morgan fingerprint density at radius 1 is 1.17 bits per heavy atom. The molecule has 2 N–H and O–H groups in total. The van der Waals surface area contributed by atoms with Crippen molar-refractivity contribution in [3.63, 3.8) is 0 Å². The van der Waals surface area contributed by atoms with Crippen LogP contribution in [0.3, 0.4) is 0 Å². The Morgan fingerprint density at radius 3 is 2.53 bits per heavy atom. The standard InChI is InChI=1S/C21H31N3O6/c1-6-29-16-10-9-14(12-17(16)28-5)18(25)22-23-19(26)15-8-7-11-24(13-15)20(27)30-21(2,3)4/h9-10,12,15H,6-8,11,13H2,1-5H3,(H,22,25)(H,23,26)/t15-/m0/s1. The summed E-state index contributed by atoms with van der Waals surface area (Å²) < 4.78 is 16.0. The van der Waals surface area contributed by atoms with E-state index in [1.165, 1.54) is 18.1 Å². The van der Waals surface area contributed by atoms with Gasteiger partial charge >= 0.3 is 6.09 Å². The molecule has 1 aliphatic rings. The number of carbonyl (C=O) groups is 3. The monoisotopic (exact) mass is 421 g/mol.